The molecule has 0 radical (unpaired) electrons. The zero-order chi connectivity index (χ0) is 28.6. The monoisotopic (exact) mass is 551 g/mol. The molecular formula is C30H37N3O5S. The number of methoxy groups -OCH3 is 1. The van der Waals surface area contributed by atoms with E-state index in [1.165, 1.54) is 24.1 Å². The SMILES string of the molecule is COc1ccc(N(CC(=O)N(Cc2ccccc2)C(C)C(=O)NCC(C)C)S(=O)(=O)c2ccc(C)cc2)cc1. The minimum absolute atomic E-state index is 0.0639. The summed E-state index contributed by atoms with van der Waals surface area (Å²) in [7, 11) is -2.59. The predicted molar refractivity (Wildman–Crippen MR) is 153 cm³/mol. The number of amides is 2. The normalized spacial score (nSPS) is 12.1. The summed E-state index contributed by atoms with van der Waals surface area (Å²) in [5, 5.41) is 2.88. The third-order valence-corrected chi connectivity index (χ3v) is 8.08. The van der Waals surface area contributed by atoms with Crippen LogP contribution in [-0.2, 0) is 26.2 Å². The zero-order valence-corrected chi connectivity index (χ0v) is 23.9. The topological polar surface area (TPSA) is 96.0 Å². The Hall–Kier alpha value is -3.85. The highest BCUT2D eigenvalue weighted by molar-refractivity contribution is 7.92. The van der Waals surface area contributed by atoms with Gasteiger partial charge in [0.05, 0.1) is 17.7 Å². The Morgan fingerprint density at radius 2 is 1.51 bits per heavy atom. The largest absolute Gasteiger partial charge is 0.497 e. The van der Waals surface area contributed by atoms with Gasteiger partial charge in [0.1, 0.15) is 18.3 Å². The highest BCUT2D eigenvalue weighted by Gasteiger charge is 2.32. The molecule has 9 heteroatoms. The van der Waals surface area contributed by atoms with Crippen molar-refractivity contribution in [3.63, 3.8) is 0 Å². The molecule has 0 saturated heterocycles. The van der Waals surface area contributed by atoms with Crippen LogP contribution in [0.1, 0.15) is 31.9 Å². The standard InChI is InChI=1S/C30H37N3O5S/c1-22(2)19-31-30(35)24(4)32(20-25-9-7-6-8-10-25)29(34)21-33(26-13-15-27(38-5)16-14-26)39(36,37)28-17-11-23(3)12-18-28/h6-18,22,24H,19-21H2,1-5H3,(H,31,35). The fourth-order valence-electron chi connectivity index (χ4n) is 3.93. The first-order chi connectivity index (χ1) is 18.5. The summed E-state index contributed by atoms with van der Waals surface area (Å²) in [6.45, 7) is 7.63. The average Bonchev–Trinajstić information content (AvgIpc) is 2.93. The molecular weight excluding hydrogens is 514 g/mol. The number of carbonyl (C=O) groups is 2. The minimum atomic E-state index is -4.11. The van der Waals surface area contributed by atoms with Gasteiger partial charge in [0.15, 0.2) is 0 Å². The molecule has 3 aromatic carbocycles. The molecule has 8 nitrogen and oxygen atoms in total. The average molecular weight is 552 g/mol. The molecule has 0 heterocycles. The summed E-state index contributed by atoms with van der Waals surface area (Å²) in [5.74, 6) is -0.00789. The van der Waals surface area contributed by atoms with Crippen LogP contribution in [0.3, 0.4) is 0 Å². The van der Waals surface area contributed by atoms with E-state index < -0.39 is 28.5 Å². The number of rotatable bonds is 12. The molecule has 1 atom stereocenters. The van der Waals surface area contributed by atoms with E-state index in [9.17, 15) is 18.0 Å². The Balaban J connectivity index is 2.00. The first-order valence-corrected chi connectivity index (χ1v) is 14.3. The number of nitrogens with zero attached hydrogens (tertiary/aromatic N) is 2. The van der Waals surface area contributed by atoms with Crippen molar-refractivity contribution in [2.24, 2.45) is 5.92 Å². The van der Waals surface area contributed by atoms with Gasteiger partial charge >= 0.3 is 0 Å². The number of anilines is 1. The third kappa shape index (κ3) is 7.83. The number of nitrogens with one attached hydrogen (secondary N) is 1. The Morgan fingerprint density at radius 1 is 0.897 bits per heavy atom. The summed E-state index contributed by atoms with van der Waals surface area (Å²) in [5.41, 5.74) is 2.05. The van der Waals surface area contributed by atoms with E-state index in [1.807, 2.05) is 51.1 Å². The van der Waals surface area contributed by atoms with E-state index in [4.69, 9.17) is 4.74 Å². The summed E-state index contributed by atoms with van der Waals surface area (Å²) in [6.07, 6.45) is 0. The van der Waals surface area contributed by atoms with Crippen LogP contribution in [0, 0.1) is 12.8 Å². The highest BCUT2D eigenvalue weighted by Crippen LogP contribution is 2.26. The van der Waals surface area contributed by atoms with Crippen molar-refractivity contribution in [3.05, 3.63) is 90.0 Å². The number of sulfonamides is 1. The first-order valence-electron chi connectivity index (χ1n) is 12.9. The number of benzene rings is 3. The Morgan fingerprint density at radius 3 is 2.08 bits per heavy atom. The van der Waals surface area contributed by atoms with Crippen LogP contribution < -0.4 is 14.4 Å². The summed E-state index contributed by atoms with van der Waals surface area (Å²) in [6, 6.07) is 21.4. The van der Waals surface area contributed by atoms with Crippen molar-refractivity contribution >= 4 is 27.5 Å². The number of aryl methyl sites for hydroxylation is 1. The fraction of sp³-hybridized carbons (Fsp3) is 0.333. The van der Waals surface area contributed by atoms with Gasteiger partial charge in [-0.3, -0.25) is 13.9 Å². The molecule has 3 rings (SSSR count). The quantitative estimate of drug-likeness (QED) is 0.360. The van der Waals surface area contributed by atoms with Crippen LogP contribution in [0.2, 0.25) is 0 Å². The van der Waals surface area contributed by atoms with Crippen LogP contribution >= 0.6 is 0 Å². The smallest absolute Gasteiger partial charge is 0.264 e. The van der Waals surface area contributed by atoms with Crippen molar-refractivity contribution in [2.75, 3.05) is 24.5 Å². The van der Waals surface area contributed by atoms with Gasteiger partial charge in [-0.25, -0.2) is 8.42 Å². The first kappa shape index (κ1) is 29.7. The van der Waals surface area contributed by atoms with Gasteiger partial charge < -0.3 is 15.0 Å². The van der Waals surface area contributed by atoms with Crippen molar-refractivity contribution in [1.29, 1.82) is 0 Å². The van der Waals surface area contributed by atoms with Crippen LogP contribution in [0.15, 0.2) is 83.8 Å². The molecule has 1 N–H and O–H groups in total. The van der Waals surface area contributed by atoms with Gasteiger partial charge in [-0.05, 0) is 61.7 Å². The summed E-state index contributed by atoms with van der Waals surface area (Å²) in [4.78, 5) is 28.4. The van der Waals surface area contributed by atoms with E-state index in [1.54, 1.807) is 43.3 Å². The van der Waals surface area contributed by atoms with E-state index in [0.29, 0.717) is 18.0 Å². The molecule has 208 valence electrons. The lowest BCUT2D eigenvalue weighted by molar-refractivity contribution is -0.139. The Kier molecular flexibility index (Phi) is 10.1. The maximum absolute atomic E-state index is 13.9. The van der Waals surface area contributed by atoms with Gasteiger partial charge in [0.2, 0.25) is 11.8 Å². The molecule has 0 aromatic heterocycles. The fourth-order valence-corrected chi connectivity index (χ4v) is 5.34. The van der Waals surface area contributed by atoms with E-state index in [-0.39, 0.29) is 23.3 Å². The second kappa shape index (κ2) is 13.3. The summed E-state index contributed by atoms with van der Waals surface area (Å²) < 4.78 is 34.0. The second-order valence-electron chi connectivity index (χ2n) is 9.84. The van der Waals surface area contributed by atoms with Crippen molar-refractivity contribution in [3.8, 4) is 5.75 Å². The van der Waals surface area contributed by atoms with Crippen molar-refractivity contribution < 1.29 is 22.7 Å². The van der Waals surface area contributed by atoms with Gasteiger partial charge in [0, 0.05) is 13.1 Å². The molecule has 0 bridgehead atoms. The van der Waals surface area contributed by atoms with Crippen molar-refractivity contribution in [1.82, 2.24) is 10.2 Å². The molecule has 39 heavy (non-hydrogen) atoms. The number of carbonyl (C=O) groups excluding carboxylic acids is 2. The van der Waals surface area contributed by atoms with Gasteiger partial charge in [-0.1, -0.05) is 61.9 Å². The molecule has 3 aromatic rings. The lowest BCUT2D eigenvalue weighted by atomic mass is 10.1. The molecule has 0 aliphatic rings. The van der Waals surface area contributed by atoms with Crippen LogP contribution in [-0.4, -0.2) is 51.4 Å². The van der Waals surface area contributed by atoms with Crippen LogP contribution in [0.25, 0.3) is 0 Å². The van der Waals surface area contributed by atoms with Gasteiger partial charge in [0.25, 0.3) is 10.0 Å². The molecule has 0 aliphatic heterocycles. The molecule has 0 fully saturated rings. The lowest BCUT2D eigenvalue weighted by Gasteiger charge is -2.32. The molecule has 0 saturated carbocycles. The van der Waals surface area contributed by atoms with E-state index in [2.05, 4.69) is 5.32 Å². The maximum Gasteiger partial charge on any atom is 0.264 e. The van der Waals surface area contributed by atoms with E-state index >= 15 is 0 Å². The highest BCUT2D eigenvalue weighted by atomic mass is 32.2. The Bertz CT molecular complexity index is 1340. The van der Waals surface area contributed by atoms with Crippen LogP contribution in [0.5, 0.6) is 5.75 Å². The third-order valence-electron chi connectivity index (χ3n) is 6.30. The predicted octanol–water partition coefficient (Wildman–Crippen LogP) is 4.39. The lowest BCUT2D eigenvalue weighted by Crippen LogP contribution is -2.51. The summed E-state index contributed by atoms with van der Waals surface area (Å²) >= 11 is 0. The number of hydrogen-bond donors (Lipinski definition) is 1. The number of hydrogen-bond acceptors (Lipinski definition) is 5. The Labute approximate surface area is 231 Å². The molecule has 1 unspecified atom stereocenters. The van der Waals surface area contributed by atoms with Gasteiger partial charge in [-0.2, -0.15) is 0 Å². The van der Waals surface area contributed by atoms with Crippen molar-refractivity contribution in [2.45, 2.75) is 45.2 Å². The zero-order valence-electron chi connectivity index (χ0n) is 23.1. The maximum atomic E-state index is 13.9. The number of ether oxygens (including phenoxy) is 1. The minimum Gasteiger partial charge on any atom is -0.497 e. The van der Waals surface area contributed by atoms with E-state index in [0.717, 1.165) is 15.4 Å². The molecule has 2 amide bonds. The molecule has 0 spiro atoms. The second-order valence-corrected chi connectivity index (χ2v) is 11.7. The molecule has 0 aliphatic carbocycles. The van der Waals surface area contributed by atoms with Gasteiger partial charge in [-0.15, -0.1) is 0 Å². The van der Waals surface area contributed by atoms with Crippen LogP contribution in [0.4, 0.5) is 5.69 Å².